The predicted molar refractivity (Wildman–Crippen MR) is 76.5 cm³/mol. The Morgan fingerprint density at radius 2 is 2.17 bits per heavy atom. The fourth-order valence-corrected chi connectivity index (χ4v) is 1.90. The van der Waals surface area contributed by atoms with Crippen molar-refractivity contribution >= 4 is 11.6 Å². The molecule has 0 bridgehead atoms. The molecule has 1 aromatic carbocycles. The highest BCUT2D eigenvalue weighted by molar-refractivity contribution is 5.90. The van der Waals surface area contributed by atoms with Gasteiger partial charge in [0.25, 0.3) is 0 Å². The molecular formula is C15H24N2O. The van der Waals surface area contributed by atoms with Crippen molar-refractivity contribution in [1.82, 2.24) is 0 Å². The Morgan fingerprint density at radius 1 is 1.39 bits per heavy atom. The molecule has 1 unspecified atom stereocenters. The minimum absolute atomic E-state index is 0.0899. The van der Waals surface area contributed by atoms with Gasteiger partial charge >= 0.3 is 0 Å². The van der Waals surface area contributed by atoms with Gasteiger partial charge in [-0.1, -0.05) is 26.0 Å². The SMILES string of the molecule is CCc1cccc(NC(=O)CCC(C)CCN)c1. The monoisotopic (exact) mass is 248 g/mol. The van der Waals surface area contributed by atoms with Crippen molar-refractivity contribution in [3.05, 3.63) is 29.8 Å². The van der Waals surface area contributed by atoms with Crippen molar-refractivity contribution in [2.24, 2.45) is 11.7 Å². The first-order valence-corrected chi connectivity index (χ1v) is 6.74. The Bertz CT molecular complexity index is 377. The molecule has 0 aliphatic carbocycles. The lowest BCUT2D eigenvalue weighted by molar-refractivity contribution is -0.116. The molecule has 0 saturated carbocycles. The summed E-state index contributed by atoms with van der Waals surface area (Å²) < 4.78 is 0. The van der Waals surface area contributed by atoms with Gasteiger partial charge in [0.1, 0.15) is 0 Å². The maximum absolute atomic E-state index is 11.8. The number of aryl methyl sites for hydroxylation is 1. The highest BCUT2D eigenvalue weighted by atomic mass is 16.1. The van der Waals surface area contributed by atoms with Gasteiger partial charge in [-0.2, -0.15) is 0 Å². The van der Waals surface area contributed by atoms with E-state index in [-0.39, 0.29) is 5.91 Å². The number of hydrogen-bond donors (Lipinski definition) is 2. The van der Waals surface area contributed by atoms with Gasteiger partial charge in [-0.3, -0.25) is 4.79 Å². The number of carbonyl (C=O) groups is 1. The lowest BCUT2D eigenvalue weighted by Gasteiger charge is -2.10. The highest BCUT2D eigenvalue weighted by Gasteiger charge is 2.06. The van der Waals surface area contributed by atoms with Crippen LogP contribution in [-0.2, 0) is 11.2 Å². The van der Waals surface area contributed by atoms with E-state index in [2.05, 4.69) is 25.2 Å². The van der Waals surface area contributed by atoms with Gasteiger partial charge in [-0.05, 0) is 49.4 Å². The third-order valence-electron chi connectivity index (χ3n) is 3.14. The molecule has 0 aromatic heterocycles. The van der Waals surface area contributed by atoms with Gasteiger partial charge in [0.15, 0.2) is 0 Å². The van der Waals surface area contributed by atoms with Crippen LogP contribution in [0.25, 0.3) is 0 Å². The largest absolute Gasteiger partial charge is 0.330 e. The van der Waals surface area contributed by atoms with Crippen LogP contribution in [0.3, 0.4) is 0 Å². The molecule has 0 fully saturated rings. The zero-order valence-electron chi connectivity index (χ0n) is 11.4. The van der Waals surface area contributed by atoms with Gasteiger partial charge in [0, 0.05) is 12.1 Å². The Hall–Kier alpha value is -1.35. The van der Waals surface area contributed by atoms with E-state index in [0.717, 1.165) is 24.9 Å². The van der Waals surface area contributed by atoms with Crippen LogP contribution >= 0.6 is 0 Å². The van der Waals surface area contributed by atoms with E-state index in [1.54, 1.807) is 0 Å². The predicted octanol–water partition coefficient (Wildman–Crippen LogP) is 2.95. The van der Waals surface area contributed by atoms with Crippen LogP contribution < -0.4 is 11.1 Å². The molecule has 0 heterocycles. The van der Waals surface area contributed by atoms with E-state index in [9.17, 15) is 4.79 Å². The fourth-order valence-electron chi connectivity index (χ4n) is 1.90. The molecule has 3 N–H and O–H groups in total. The average Bonchev–Trinajstić information content (AvgIpc) is 2.37. The van der Waals surface area contributed by atoms with E-state index in [1.165, 1.54) is 5.56 Å². The minimum atomic E-state index is 0.0899. The van der Waals surface area contributed by atoms with Crippen molar-refractivity contribution < 1.29 is 4.79 Å². The molecule has 1 atom stereocenters. The van der Waals surface area contributed by atoms with Crippen LogP contribution in [0.5, 0.6) is 0 Å². The number of nitrogens with two attached hydrogens (primary N) is 1. The van der Waals surface area contributed by atoms with Gasteiger partial charge in [0.05, 0.1) is 0 Å². The number of anilines is 1. The molecule has 3 nitrogen and oxygen atoms in total. The van der Waals surface area contributed by atoms with Crippen molar-refractivity contribution in [2.45, 2.75) is 39.5 Å². The maximum Gasteiger partial charge on any atom is 0.224 e. The summed E-state index contributed by atoms with van der Waals surface area (Å²) in [6.07, 6.45) is 3.43. The minimum Gasteiger partial charge on any atom is -0.330 e. The van der Waals surface area contributed by atoms with Crippen molar-refractivity contribution in [2.75, 3.05) is 11.9 Å². The molecule has 0 radical (unpaired) electrons. The van der Waals surface area contributed by atoms with Crippen LogP contribution in [0.15, 0.2) is 24.3 Å². The Kier molecular flexibility index (Phi) is 6.44. The van der Waals surface area contributed by atoms with Gasteiger partial charge < -0.3 is 11.1 Å². The van der Waals surface area contributed by atoms with E-state index < -0.39 is 0 Å². The molecule has 1 amide bonds. The first-order chi connectivity index (χ1) is 8.65. The number of rotatable bonds is 7. The molecule has 0 aliphatic rings. The summed E-state index contributed by atoms with van der Waals surface area (Å²) in [6, 6.07) is 8.01. The highest BCUT2D eigenvalue weighted by Crippen LogP contribution is 2.13. The number of nitrogens with one attached hydrogen (secondary N) is 1. The van der Waals surface area contributed by atoms with Gasteiger partial charge in [-0.25, -0.2) is 0 Å². The van der Waals surface area contributed by atoms with Crippen LogP contribution in [0.4, 0.5) is 5.69 Å². The summed E-state index contributed by atoms with van der Waals surface area (Å²) in [5.41, 5.74) is 7.63. The van der Waals surface area contributed by atoms with E-state index in [1.807, 2.05) is 18.2 Å². The fraction of sp³-hybridized carbons (Fsp3) is 0.533. The topological polar surface area (TPSA) is 55.1 Å². The van der Waals surface area contributed by atoms with Crippen LogP contribution in [0.1, 0.15) is 38.7 Å². The zero-order chi connectivity index (χ0) is 13.4. The molecule has 18 heavy (non-hydrogen) atoms. The quantitative estimate of drug-likeness (QED) is 0.779. The molecule has 0 saturated heterocycles. The summed E-state index contributed by atoms with van der Waals surface area (Å²) in [4.78, 5) is 11.8. The number of carbonyl (C=O) groups excluding carboxylic acids is 1. The van der Waals surface area contributed by atoms with E-state index >= 15 is 0 Å². The molecule has 1 rings (SSSR count). The summed E-state index contributed by atoms with van der Waals surface area (Å²) in [5, 5.41) is 2.94. The van der Waals surface area contributed by atoms with Crippen molar-refractivity contribution in [3.8, 4) is 0 Å². The van der Waals surface area contributed by atoms with Crippen molar-refractivity contribution in [1.29, 1.82) is 0 Å². The average molecular weight is 248 g/mol. The molecule has 3 heteroatoms. The third-order valence-corrected chi connectivity index (χ3v) is 3.14. The smallest absolute Gasteiger partial charge is 0.224 e. The second kappa shape index (κ2) is 7.88. The normalized spacial score (nSPS) is 12.2. The molecule has 100 valence electrons. The Balaban J connectivity index is 2.39. The summed E-state index contributed by atoms with van der Waals surface area (Å²) >= 11 is 0. The summed E-state index contributed by atoms with van der Waals surface area (Å²) in [7, 11) is 0. The molecular weight excluding hydrogens is 224 g/mol. The van der Waals surface area contributed by atoms with E-state index in [0.29, 0.717) is 18.9 Å². The Labute approximate surface area is 110 Å². The Morgan fingerprint density at radius 3 is 2.83 bits per heavy atom. The van der Waals surface area contributed by atoms with Gasteiger partial charge in [0.2, 0.25) is 5.91 Å². The molecule has 0 spiro atoms. The second-order valence-corrected chi connectivity index (χ2v) is 4.82. The summed E-state index contributed by atoms with van der Waals surface area (Å²) in [6.45, 7) is 4.94. The maximum atomic E-state index is 11.8. The second-order valence-electron chi connectivity index (χ2n) is 4.82. The lowest BCUT2D eigenvalue weighted by Crippen LogP contribution is -2.14. The first kappa shape index (κ1) is 14.7. The van der Waals surface area contributed by atoms with Crippen LogP contribution in [-0.4, -0.2) is 12.5 Å². The first-order valence-electron chi connectivity index (χ1n) is 6.74. The van der Waals surface area contributed by atoms with E-state index in [4.69, 9.17) is 5.73 Å². The third kappa shape index (κ3) is 5.32. The van der Waals surface area contributed by atoms with Crippen molar-refractivity contribution in [3.63, 3.8) is 0 Å². The van der Waals surface area contributed by atoms with Gasteiger partial charge in [-0.15, -0.1) is 0 Å². The standard InChI is InChI=1S/C15H24N2O/c1-3-13-5-4-6-14(11-13)17-15(18)8-7-12(2)9-10-16/h4-6,11-12H,3,7-10,16H2,1-2H3,(H,17,18). The van der Waals surface area contributed by atoms with Crippen LogP contribution in [0.2, 0.25) is 0 Å². The zero-order valence-corrected chi connectivity index (χ0v) is 11.4. The number of benzene rings is 1. The molecule has 0 aliphatic heterocycles. The summed E-state index contributed by atoms with van der Waals surface area (Å²) in [5.74, 6) is 0.606. The lowest BCUT2D eigenvalue weighted by atomic mass is 10.0. The number of hydrogen-bond acceptors (Lipinski definition) is 2. The number of amides is 1. The molecule has 1 aromatic rings. The van der Waals surface area contributed by atoms with Crippen LogP contribution in [0, 0.1) is 5.92 Å².